The maximum absolute atomic E-state index is 13.4. The quantitative estimate of drug-likeness (QED) is 0.0439. The first-order valence-electron chi connectivity index (χ1n) is 17.0. The van der Waals surface area contributed by atoms with E-state index in [0.717, 1.165) is 18.1 Å². The van der Waals surface area contributed by atoms with Gasteiger partial charge >= 0.3 is 166 Å². The minimum Gasteiger partial charge on any atom is -0.0654 e. The maximum atomic E-state index is 13.4. The Labute approximate surface area is 243 Å². The van der Waals surface area contributed by atoms with E-state index < -0.39 is 21.1 Å². The van der Waals surface area contributed by atoms with Crippen LogP contribution in [-0.2, 0) is 13.6 Å². The molecule has 0 aliphatic carbocycles. The first kappa shape index (κ1) is 38.7. The molecule has 0 spiro atoms. The molecule has 0 N–H and O–H groups in total. The van der Waals surface area contributed by atoms with Crippen LogP contribution in [0.25, 0.3) is 0 Å². The molecular weight excluding hydrogens is 550 g/mol. The fraction of sp³-hybridized carbons (Fsp3) is 1.00. The van der Waals surface area contributed by atoms with Crippen LogP contribution in [0.15, 0.2) is 0 Å². The second kappa shape index (κ2) is 27.9. The van der Waals surface area contributed by atoms with E-state index in [1.54, 1.807) is 0 Å². The molecule has 0 aromatic rings. The summed E-state index contributed by atoms with van der Waals surface area (Å²) in [5.74, 6) is 0. The Balaban J connectivity index is 3.87. The van der Waals surface area contributed by atoms with Gasteiger partial charge in [-0.25, -0.2) is 0 Å². The van der Waals surface area contributed by atoms with Gasteiger partial charge < -0.3 is 0 Å². The molecule has 0 amide bonds. The van der Waals surface area contributed by atoms with Crippen molar-refractivity contribution in [3.05, 3.63) is 0 Å². The topological polar surface area (TPSA) is 35.5 Å². The van der Waals surface area contributed by atoms with Crippen LogP contribution < -0.4 is 0 Å². The average Bonchev–Trinajstić information content (AvgIpc) is 2.88. The molecule has 0 aliphatic rings. The predicted molar refractivity (Wildman–Crippen MR) is 175 cm³/mol. The Kier molecular flexibility index (Phi) is 28.4. The molecule has 0 aromatic heterocycles. The van der Waals surface area contributed by atoms with Crippen molar-refractivity contribution in [1.82, 2.24) is 0 Å². The average molecular weight is 622 g/mol. The number of unbranched alkanes of at least 4 members (excludes halogenated alkanes) is 22. The van der Waals surface area contributed by atoms with Gasteiger partial charge in [-0.2, -0.15) is 0 Å². The Bertz CT molecular complexity index is 487. The van der Waals surface area contributed by atoms with Crippen LogP contribution in [0.2, 0.25) is 22.3 Å². The van der Waals surface area contributed by atoms with Gasteiger partial charge in [0.1, 0.15) is 0 Å². The summed E-state index contributed by atoms with van der Waals surface area (Å²) in [6.07, 6.45) is 32.6. The Hall–Kier alpha value is 0.708. The van der Waals surface area contributed by atoms with Gasteiger partial charge in [0.2, 0.25) is 0 Å². The van der Waals surface area contributed by atoms with Gasteiger partial charge in [-0.05, 0) is 0 Å². The van der Waals surface area contributed by atoms with E-state index in [1.165, 1.54) is 141 Å². The van der Waals surface area contributed by atoms with Gasteiger partial charge in [0, 0.05) is 0 Å². The van der Waals surface area contributed by atoms with Gasteiger partial charge in [-0.3, -0.25) is 0 Å². The minimum absolute atomic E-state index is 0.600. The molecule has 0 aliphatic heterocycles. The molecule has 0 saturated carbocycles. The van der Waals surface area contributed by atoms with Crippen molar-refractivity contribution >= 4 is 21.1 Å². The smallest absolute Gasteiger partial charge is 0.0654 e. The molecule has 0 unspecified atom stereocenters. The molecule has 38 heavy (non-hydrogen) atoms. The van der Waals surface area contributed by atoms with Crippen LogP contribution in [0.5, 0.6) is 0 Å². The Morgan fingerprint density at radius 1 is 0.447 bits per heavy atom. The van der Waals surface area contributed by atoms with Crippen molar-refractivity contribution < 1.29 is 13.6 Å². The zero-order chi connectivity index (χ0) is 28.2. The molecule has 230 valence electrons. The third kappa shape index (κ3) is 29.7. The summed E-state index contributed by atoms with van der Waals surface area (Å²) < 4.78 is 25.4. The van der Waals surface area contributed by atoms with Crippen LogP contribution in [0.4, 0.5) is 0 Å². The Morgan fingerprint density at radius 3 is 0.974 bits per heavy atom. The molecule has 0 aromatic carbocycles. The van der Waals surface area contributed by atoms with Crippen LogP contribution in [0.3, 0.4) is 0 Å². The van der Waals surface area contributed by atoms with E-state index >= 15 is 0 Å². The van der Waals surface area contributed by atoms with Gasteiger partial charge in [-0.15, -0.1) is 0 Å². The van der Waals surface area contributed by atoms with E-state index in [1.807, 2.05) is 0 Å². The second-order valence-electron chi connectivity index (χ2n) is 12.8. The van der Waals surface area contributed by atoms with Crippen LogP contribution in [0.1, 0.15) is 168 Å². The molecule has 0 rings (SSSR count). The summed E-state index contributed by atoms with van der Waals surface area (Å²) in [6.45, 7) is 5.77. The molecule has 5 heteroatoms. The van der Waals surface area contributed by atoms with Crippen molar-refractivity contribution in [2.24, 2.45) is 0 Å². The van der Waals surface area contributed by atoms with E-state index in [-0.39, 0.29) is 0 Å². The standard InChI is InChI=1S/C33H71AsO3P/c1-6-8-10-12-14-16-18-20-22-24-26-28-31-36-38(35,33-30-34(3,4)5)37-32-29-27-25-23-21-19-17-15-13-11-9-7-2/h6-33H2,1-5H3/q+1. The molecule has 0 bridgehead atoms. The monoisotopic (exact) mass is 621 g/mol. The van der Waals surface area contributed by atoms with Crippen LogP contribution in [-0.4, -0.2) is 32.9 Å². The molecule has 0 heterocycles. The van der Waals surface area contributed by atoms with Crippen molar-refractivity contribution in [2.45, 2.75) is 190 Å². The summed E-state index contributed by atoms with van der Waals surface area (Å²) in [5.41, 5.74) is 7.12. The predicted octanol–water partition coefficient (Wildman–Crippen LogP) is 13.0. The van der Waals surface area contributed by atoms with Gasteiger partial charge in [0.15, 0.2) is 0 Å². The van der Waals surface area contributed by atoms with Gasteiger partial charge in [0.05, 0.1) is 0 Å². The van der Waals surface area contributed by atoms with E-state index in [9.17, 15) is 4.57 Å². The normalized spacial score (nSPS) is 12.4. The number of hydrogen-bond acceptors (Lipinski definition) is 3. The van der Waals surface area contributed by atoms with E-state index in [4.69, 9.17) is 9.05 Å². The van der Waals surface area contributed by atoms with Gasteiger partial charge in [0.25, 0.3) is 0 Å². The van der Waals surface area contributed by atoms with Crippen molar-refractivity contribution in [1.29, 1.82) is 0 Å². The zero-order valence-electron chi connectivity index (χ0n) is 26.9. The van der Waals surface area contributed by atoms with Gasteiger partial charge in [-0.1, -0.05) is 78.1 Å². The third-order valence-electron chi connectivity index (χ3n) is 7.62. The number of hydrogen-bond donors (Lipinski definition) is 0. The third-order valence-corrected chi connectivity index (χ3v) is 13.6. The summed E-state index contributed by atoms with van der Waals surface area (Å²) in [6, 6.07) is 0. The molecular formula is C33H71AsO3P+. The number of rotatable bonds is 31. The minimum atomic E-state index is -2.94. The van der Waals surface area contributed by atoms with Crippen LogP contribution >= 0.6 is 7.60 Å². The van der Waals surface area contributed by atoms with E-state index in [2.05, 4.69) is 31.0 Å². The van der Waals surface area contributed by atoms with Crippen molar-refractivity contribution in [3.8, 4) is 0 Å². The summed E-state index contributed by atoms with van der Waals surface area (Å²) in [7, 11) is -2.94. The fourth-order valence-corrected chi connectivity index (χ4v) is 12.2. The molecule has 0 atom stereocenters. The molecule has 0 fully saturated rings. The summed E-state index contributed by atoms with van der Waals surface area (Å²) in [5, 5.41) is 1.05. The van der Waals surface area contributed by atoms with E-state index in [0.29, 0.717) is 19.4 Å². The second-order valence-corrected chi connectivity index (χ2v) is 25.5. The molecule has 0 radical (unpaired) electrons. The summed E-state index contributed by atoms with van der Waals surface area (Å²) >= 11 is -1.61. The summed E-state index contributed by atoms with van der Waals surface area (Å²) in [4.78, 5) is 0. The Morgan fingerprint density at radius 2 is 0.711 bits per heavy atom. The van der Waals surface area contributed by atoms with Crippen LogP contribution in [0, 0.1) is 0 Å². The first-order valence-corrected chi connectivity index (χ1v) is 25.7. The molecule has 3 nitrogen and oxygen atoms in total. The SMILES string of the molecule is CCCCCCCCCCCCCCOP(=O)(CC[As+](C)(C)C)OCCCCCCCCCCCCCC. The molecule has 0 saturated heterocycles. The van der Waals surface area contributed by atoms with Crippen molar-refractivity contribution in [3.63, 3.8) is 0 Å². The van der Waals surface area contributed by atoms with Crippen molar-refractivity contribution in [2.75, 3.05) is 19.4 Å². The first-order chi connectivity index (χ1) is 18.3. The zero-order valence-corrected chi connectivity index (χ0v) is 29.7. The fourth-order valence-electron chi connectivity index (χ4n) is 4.88.